The number of benzene rings is 2. The predicted molar refractivity (Wildman–Crippen MR) is 77.1 cm³/mol. The largest absolute Gasteiger partial charge is 0.455 e. The van der Waals surface area contributed by atoms with Crippen molar-refractivity contribution in [1.82, 2.24) is 0 Å². The van der Waals surface area contributed by atoms with Crippen molar-refractivity contribution in [2.75, 3.05) is 0 Å². The molecule has 2 aromatic carbocycles. The summed E-state index contributed by atoms with van der Waals surface area (Å²) in [6, 6.07) is 10.1. The van der Waals surface area contributed by atoms with Gasteiger partial charge in [-0.3, -0.25) is 10.1 Å². The van der Waals surface area contributed by atoms with Gasteiger partial charge in [-0.1, -0.05) is 23.7 Å². The summed E-state index contributed by atoms with van der Waals surface area (Å²) >= 11 is 9.16. The van der Waals surface area contributed by atoms with E-state index in [-0.39, 0.29) is 5.69 Å². The average Bonchev–Trinajstić information content (AvgIpc) is 2.35. The Balaban J connectivity index is 2.39. The predicted octanol–water partition coefficient (Wildman–Crippen LogP) is 5.11. The number of hydrogen-bond acceptors (Lipinski definition) is 3. The molecular formula is C13H9BrClNO3. The summed E-state index contributed by atoms with van der Waals surface area (Å²) in [6.07, 6.45) is 0. The summed E-state index contributed by atoms with van der Waals surface area (Å²) < 4.78 is 6.04. The second-order valence-electron chi connectivity index (χ2n) is 3.86. The first-order valence-corrected chi connectivity index (χ1v) is 6.53. The number of nitrogens with zero attached hydrogens (tertiary/aromatic N) is 1. The quantitative estimate of drug-likeness (QED) is 0.575. The Kier molecular flexibility index (Phi) is 4.07. The molecule has 0 heterocycles. The van der Waals surface area contributed by atoms with E-state index in [0.717, 1.165) is 0 Å². The van der Waals surface area contributed by atoms with Crippen molar-refractivity contribution in [3.63, 3.8) is 0 Å². The van der Waals surface area contributed by atoms with Crippen LogP contribution >= 0.6 is 27.5 Å². The van der Waals surface area contributed by atoms with Crippen LogP contribution in [-0.2, 0) is 0 Å². The summed E-state index contributed by atoms with van der Waals surface area (Å²) in [6.45, 7) is 1.74. The standard InChI is InChI=1S/C13H9BrClNO3/c1-8-6-11(16(17)18)9(14)7-13(8)19-12-5-3-2-4-10(12)15/h2-7H,1H3. The van der Waals surface area contributed by atoms with Crippen LogP contribution < -0.4 is 4.74 Å². The molecule has 0 aromatic heterocycles. The summed E-state index contributed by atoms with van der Waals surface area (Å²) in [5.41, 5.74) is 0.666. The van der Waals surface area contributed by atoms with Crippen LogP contribution in [0.3, 0.4) is 0 Å². The van der Waals surface area contributed by atoms with Crippen LogP contribution in [0.15, 0.2) is 40.9 Å². The number of hydrogen-bond donors (Lipinski definition) is 0. The van der Waals surface area contributed by atoms with Gasteiger partial charge in [-0.2, -0.15) is 0 Å². The first-order valence-electron chi connectivity index (χ1n) is 5.36. The van der Waals surface area contributed by atoms with Crippen molar-refractivity contribution < 1.29 is 9.66 Å². The molecule has 0 unspecified atom stereocenters. The molecule has 4 nitrogen and oxygen atoms in total. The van der Waals surface area contributed by atoms with Gasteiger partial charge in [0.15, 0.2) is 0 Å². The molecule has 0 saturated heterocycles. The molecule has 0 aliphatic carbocycles. The topological polar surface area (TPSA) is 52.4 Å². The van der Waals surface area contributed by atoms with Crippen LogP contribution in [0.4, 0.5) is 5.69 Å². The Morgan fingerprint density at radius 1 is 1.26 bits per heavy atom. The SMILES string of the molecule is Cc1cc([N+](=O)[O-])c(Br)cc1Oc1ccccc1Cl. The minimum atomic E-state index is -0.448. The minimum Gasteiger partial charge on any atom is -0.455 e. The Labute approximate surface area is 123 Å². The highest BCUT2D eigenvalue weighted by molar-refractivity contribution is 9.10. The second kappa shape index (κ2) is 5.59. The third-order valence-electron chi connectivity index (χ3n) is 2.50. The number of nitro groups is 1. The molecule has 2 aromatic rings. The molecule has 0 atom stereocenters. The molecule has 0 radical (unpaired) electrons. The number of halogens is 2. The van der Waals surface area contributed by atoms with E-state index in [1.165, 1.54) is 6.07 Å². The molecule has 0 N–H and O–H groups in total. The highest BCUT2D eigenvalue weighted by atomic mass is 79.9. The van der Waals surface area contributed by atoms with Crippen molar-refractivity contribution >= 4 is 33.2 Å². The van der Waals surface area contributed by atoms with E-state index in [1.807, 2.05) is 0 Å². The maximum Gasteiger partial charge on any atom is 0.284 e. The number of ether oxygens (including phenoxy) is 1. The molecule has 98 valence electrons. The lowest BCUT2D eigenvalue weighted by Gasteiger charge is -2.10. The summed E-state index contributed by atoms with van der Waals surface area (Å²) in [5, 5.41) is 11.3. The number of aryl methyl sites for hydroxylation is 1. The molecule has 0 bridgehead atoms. The summed E-state index contributed by atoms with van der Waals surface area (Å²) in [4.78, 5) is 10.4. The van der Waals surface area contributed by atoms with E-state index in [1.54, 1.807) is 37.3 Å². The number of para-hydroxylation sites is 1. The maximum absolute atomic E-state index is 10.8. The molecule has 2 rings (SSSR count). The summed E-state index contributed by atoms with van der Waals surface area (Å²) in [5.74, 6) is 1.03. The van der Waals surface area contributed by atoms with Crippen LogP contribution in [0.2, 0.25) is 5.02 Å². The van der Waals surface area contributed by atoms with Gasteiger partial charge in [0, 0.05) is 12.1 Å². The highest BCUT2D eigenvalue weighted by Crippen LogP contribution is 2.36. The lowest BCUT2D eigenvalue weighted by molar-refractivity contribution is -0.385. The van der Waals surface area contributed by atoms with Crippen molar-refractivity contribution in [3.8, 4) is 11.5 Å². The first kappa shape index (κ1) is 13.8. The van der Waals surface area contributed by atoms with Crippen LogP contribution in [-0.4, -0.2) is 4.92 Å². The third-order valence-corrected chi connectivity index (χ3v) is 3.45. The fourth-order valence-corrected chi connectivity index (χ4v) is 2.19. The molecule has 0 fully saturated rings. The van der Waals surface area contributed by atoms with Gasteiger partial charge >= 0.3 is 0 Å². The molecule has 19 heavy (non-hydrogen) atoms. The molecule has 6 heteroatoms. The first-order chi connectivity index (χ1) is 8.99. The normalized spacial score (nSPS) is 10.3. The van der Waals surface area contributed by atoms with Crippen molar-refractivity contribution in [2.45, 2.75) is 6.92 Å². The zero-order valence-corrected chi connectivity index (χ0v) is 12.2. The smallest absolute Gasteiger partial charge is 0.284 e. The van der Waals surface area contributed by atoms with Gasteiger partial charge < -0.3 is 4.74 Å². The van der Waals surface area contributed by atoms with E-state index >= 15 is 0 Å². The van der Waals surface area contributed by atoms with Crippen molar-refractivity contribution in [3.05, 3.63) is 61.6 Å². The van der Waals surface area contributed by atoms with Crippen LogP contribution in [0, 0.1) is 17.0 Å². The van der Waals surface area contributed by atoms with Crippen molar-refractivity contribution in [1.29, 1.82) is 0 Å². The van der Waals surface area contributed by atoms with Gasteiger partial charge in [0.05, 0.1) is 14.4 Å². The van der Waals surface area contributed by atoms with Gasteiger partial charge in [-0.05, 0) is 40.5 Å². The molecule has 0 spiro atoms. The zero-order chi connectivity index (χ0) is 14.0. The molecule has 0 saturated carbocycles. The van der Waals surface area contributed by atoms with E-state index < -0.39 is 4.92 Å². The van der Waals surface area contributed by atoms with Gasteiger partial charge in [0.1, 0.15) is 11.5 Å². The van der Waals surface area contributed by atoms with E-state index in [0.29, 0.717) is 26.6 Å². The Morgan fingerprint density at radius 2 is 1.95 bits per heavy atom. The van der Waals surface area contributed by atoms with Gasteiger partial charge in [0.25, 0.3) is 5.69 Å². The lowest BCUT2D eigenvalue weighted by Crippen LogP contribution is -1.94. The Morgan fingerprint density at radius 3 is 2.58 bits per heavy atom. The fraction of sp³-hybridized carbons (Fsp3) is 0.0769. The van der Waals surface area contributed by atoms with E-state index in [4.69, 9.17) is 16.3 Å². The van der Waals surface area contributed by atoms with Crippen LogP contribution in [0.5, 0.6) is 11.5 Å². The van der Waals surface area contributed by atoms with Gasteiger partial charge in [-0.25, -0.2) is 0 Å². The number of nitro benzene ring substituents is 1. The molecular weight excluding hydrogens is 334 g/mol. The molecule has 0 aliphatic heterocycles. The van der Waals surface area contributed by atoms with E-state index in [9.17, 15) is 10.1 Å². The second-order valence-corrected chi connectivity index (χ2v) is 5.12. The van der Waals surface area contributed by atoms with E-state index in [2.05, 4.69) is 15.9 Å². The Bertz CT molecular complexity index is 646. The number of rotatable bonds is 3. The van der Waals surface area contributed by atoms with Crippen molar-refractivity contribution in [2.24, 2.45) is 0 Å². The Hall–Kier alpha value is -1.59. The third kappa shape index (κ3) is 3.05. The fourth-order valence-electron chi connectivity index (χ4n) is 1.54. The molecule has 0 amide bonds. The minimum absolute atomic E-state index is 0.00371. The van der Waals surface area contributed by atoms with Crippen LogP contribution in [0.25, 0.3) is 0 Å². The highest BCUT2D eigenvalue weighted by Gasteiger charge is 2.16. The van der Waals surface area contributed by atoms with Gasteiger partial charge in [0.2, 0.25) is 0 Å². The monoisotopic (exact) mass is 341 g/mol. The molecule has 0 aliphatic rings. The lowest BCUT2D eigenvalue weighted by atomic mass is 10.2. The maximum atomic E-state index is 10.8. The zero-order valence-electron chi connectivity index (χ0n) is 9.89. The van der Waals surface area contributed by atoms with Gasteiger partial charge in [-0.15, -0.1) is 0 Å². The average molecular weight is 343 g/mol. The summed E-state index contributed by atoms with van der Waals surface area (Å²) in [7, 11) is 0. The van der Waals surface area contributed by atoms with Crippen LogP contribution in [0.1, 0.15) is 5.56 Å².